The van der Waals surface area contributed by atoms with Gasteiger partial charge in [0.05, 0.1) is 11.4 Å². The predicted octanol–water partition coefficient (Wildman–Crippen LogP) is 2.89. The molecule has 1 fully saturated rings. The van der Waals surface area contributed by atoms with Gasteiger partial charge in [0.2, 0.25) is 5.91 Å². The number of carbonyl (C=O) groups is 1. The molecular formula is C15H16ClN3O2. The molecule has 0 radical (unpaired) electrons. The van der Waals surface area contributed by atoms with Crippen LogP contribution in [0.1, 0.15) is 12.8 Å². The maximum absolute atomic E-state index is 12.3. The molecule has 2 aromatic rings. The first-order chi connectivity index (χ1) is 10.2. The van der Waals surface area contributed by atoms with Gasteiger partial charge in [-0.3, -0.25) is 4.79 Å². The van der Waals surface area contributed by atoms with Gasteiger partial charge < -0.3 is 10.1 Å². The lowest BCUT2D eigenvalue weighted by molar-refractivity contribution is -0.122. The van der Waals surface area contributed by atoms with Gasteiger partial charge in [0.1, 0.15) is 0 Å². The molecule has 0 atom stereocenters. The molecule has 1 amide bonds. The van der Waals surface area contributed by atoms with Gasteiger partial charge in [-0.15, -0.1) is 0 Å². The largest absolute Gasteiger partial charge is 0.381 e. The van der Waals surface area contributed by atoms with Gasteiger partial charge in [0, 0.05) is 36.5 Å². The van der Waals surface area contributed by atoms with Crippen LogP contribution in [0.5, 0.6) is 0 Å². The second kappa shape index (κ2) is 6.28. The number of carbonyl (C=O) groups excluding carboxylic acids is 1. The van der Waals surface area contributed by atoms with Gasteiger partial charge in [-0.25, -0.2) is 4.68 Å². The molecule has 0 aliphatic carbocycles. The van der Waals surface area contributed by atoms with Crippen molar-refractivity contribution in [3.05, 3.63) is 41.7 Å². The fourth-order valence-corrected chi connectivity index (χ4v) is 2.57. The molecule has 1 saturated heterocycles. The number of aromatic nitrogens is 2. The molecule has 3 rings (SSSR count). The van der Waals surface area contributed by atoms with Crippen LogP contribution in [0.25, 0.3) is 5.69 Å². The first-order valence-corrected chi connectivity index (χ1v) is 7.30. The number of rotatable bonds is 3. The number of amides is 1. The third-order valence-electron chi connectivity index (χ3n) is 3.56. The number of nitrogens with zero attached hydrogens (tertiary/aromatic N) is 2. The van der Waals surface area contributed by atoms with Gasteiger partial charge in [-0.1, -0.05) is 11.6 Å². The molecule has 0 spiro atoms. The van der Waals surface area contributed by atoms with Crippen molar-refractivity contribution in [3.8, 4) is 5.69 Å². The maximum Gasteiger partial charge on any atom is 0.227 e. The van der Waals surface area contributed by atoms with Crippen molar-refractivity contribution in [2.24, 2.45) is 5.92 Å². The van der Waals surface area contributed by atoms with Gasteiger partial charge in [-0.2, -0.15) is 5.10 Å². The summed E-state index contributed by atoms with van der Waals surface area (Å²) in [7, 11) is 0. The van der Waals surface area contributed by atoms with E-state index in [0.717, 1.165) is 18.5 Å². The highest BCUT2D eigenvalue weighted by molar-refractivity contribution is 6.30. The lowest BCUT2D eigenvalue weighted by atomic mass is 9.99. The first kappa shape index (κ1) is 14.1. The number of hydrogen-bond acceptors (Lipinski definition) is 3. The number of anilines is 1. The average Bonchev–Trinajstić information content (AvgIpc) is 3.04. The summed E-state index contributed by atoms with van der Waals surface area (Å²) in [6, 6.07) is 7.17. The van der Waals surface area contributed by atoms with E-state index in [0.29, 0.717) is 23.9 Å². The van der Waals surface area contributed by atoms with E-state index >= 15 is 0 Å². The number of ether oxygens (including phenoxy) is 1. The topological polar surface area (TPSA) is 56.2 Å². The summed E-state index contributed by atoms with van der Waals surface area (Å²) in [6.07, 6.45) is 5.02. The second-order valence-corrected chi connectivity index (χ2v) is 5.42. The van der Waals surface area contributed by atoms with E-state index in [1.807, 2.05) is 12.3 Å². The zero-order valence-electron chi connectivity index (χ0n) is 11.5. The van der Waals surface area contributed by atoms with Crippen molar-refractivity contribution in [3.63, 3.8) is 0 Å². The van der Waals surface area contributed by atoms with Crippen LogP contribution in [-0.2, 0) is 9.53 Å². The van der Waals surface area contributed by atoms with Crippen molar-refractivity contribution in [1.29, 1.82) is 0 Å². The lowest BCUT2D eigenvalue weighted by Crippen LogP contribution is -2.28. The molecule has 1 aromatic carbocycles. The number of halogens is 1. The fraction of sp³-hybridized carbons (Fsp3) is 0.333. The molecule has 1 N–H and O–H groups in total. The second-order valence-electron chi connectivity index (χ2n) is 4.99. The van der Waals surface area contributed by atoms with Crippen LogP contribution >= 0.6 is 11.6 Å². The first-order valence-electron chi connectivity index (χ1n) is 6.92. The highest BCUT2D eigenvalue weighted by atomic mass is 35.5. The smallest absolute Gasteiger partial charge is 0.227 e. The third-order valence-corrected chi connectivity index (χ3v) is 3.80. The summed E-state index contributed by atoms with van der Waals surface area (Å²) in [5.74, 6) is 0.0222. The van der Waals surface area contributed by atoms with Crippen molar-refractivity contribution < 1.29 is 9.53 Å². The number of nitrogens with one attached hydrogen (secondary N) is 1. The maximum atomic E-state index is 12.3. The van der Waals surface area contributed by atoms with Crippen LogP contribution in [0, 0.1) is 5.92 Å². The fourth-order valence-electron chi connectivity index (χ4n) is 2.41. The van der Waals surface area contributed by atoms with Crippen LogP contribution in [0.4, 0.5) is 5.69 Å². The Morgan fingerprint density at radius 3 is 2.90 bits per heavy atom. The van der Waals surface area contributed by atoms with Gasteiger partial charge in [-0.05, 0) is 37.1 Å². The molecule has 1 aliphatic rings. The van der Waals surface area contributed by atoms with Gasteiger partial charge in [0.25, 0.3) is 0 Å². The monoisotopic (exact) mass is 305 g/mol. The Bertz CT molecular complexity index is 622. The Morgan fingerprint density at radius 1 is 1.38 bits per heavy atom. The highest BCUT2D eigenvalue weighted by Crippen LogP contribution is 2.25. The Labute approximate surface area is 127 Å². The number of hydrogen-bond donors (Lipinski definition) is 1. The minimum atomic E-state index is -0.0000931. The molecule has 21 heavy (non-hydrogen) atoms. The number of benzene rings is 1. The molecule has 2 heterocycles. The minimum Gasteiger partial charge on any atom is -0.381 e. The standard InChI is InChI=1S/C15H16ClN3O2/c16-12-2-3-13(14(10-12)19-7-1-6-17-19)18-15(20)11-4-8-21-9-5-11/h1-3,6-7,10-11H,4-5,8-9H2,(H,18,20). The molecule has 5 nitrogen and oxygen atoms in total. The minimum absolute atomic E-state index is 0.0000931. The molecule has 1 aromatic heterocycles. The summed E-state index contributed by atoms with van der Waals surface area (Å²) < 4.78 is 6.97. The molecule has 6 heteroatoms. The van der Waals surface area contributed by atoms with Crippen LogP contribution in [0.2, 0.25) is 5.02 Å². The van der Waals surface area contributed by atoms with Crippen LogP contribution in [-0.4, -0.2) is 28.9 Å². The SMILES string of the molecule is O=C(Nc1ccc(Cl)cc1-n1cccn1)C1CCOCC1. The summed E-state index contributed by atoms with van der Waals surface area (Å²) >= 11 is 6.05. The van der Waals surface area contributed by atoms with E-state index in [4.69, 9.17) is 16.3 Å². The normalized spacial score (nSPS) is 15.9. The Morgan fingerprint density at radius 2 is 2.19 bits per heavy atom. The highest BCUT2D eigenvalue weighted by Gasteiger charge is 2.22. The van der Waals surface area contributed by atoms with Gasteiger partial charge in [0.15, 0.2) is 0 Å². The summed E-state index contributed by atoms with van der Waals surface area (Å²) in [4.78, 5) is 12.3. The Kier molecular flexibility index (Phi) is 4.22. The van der Waals surface area contributed by atoms with Crippen LogP contribution in [0.3, 0.4) is 0 Å². The third kappa shape index (κ3) is 3.25. The van der Waals surface area contributed by atoms with Crippen molar-refractivity contribution in [1.82, 2.24) is 9.78 Å². The lowest BCUT2D eigenvalue weighted by Gasteiger charge is -2.22. The van der Waals surface area contributed by atoms with E-state index in [2.05, 4.69) is 10.4 Å². The van der Waals surface area contributed by atoms with E-state index in [9.17, 15) is 4.79 Å². The molecule has 0 bridgehead atoms. The Hall–Kier alpha value is -1.85. The average molecular weight is 306 g/mol. The summed E-state index contributed by atoms with van der Waals surface area (Å²) in [5.41, 5.74) is 1.47. The van der Waals surface area contributed by atoms with Crippen LogP contribution in [0.15, 0.2) is 36.7 Å². The summed E-state index contributed by atoms with van der Waals surface area (Å²) in [6.45, 7) is 1.29. The zero-order valence-corrected chi connectivity index (χ0v) is 12.2. The predicted molar refractivity (Wildman–Crippen MR) is 80.7 cm³/mol. The molecule has 110 valence electrons. The molecule has 0 unspecified atom stereocenters. The zero-order chi connectivity index (χ0) is 14.7. The van der Waals surface area contributed by atoms with E-state index < -0.39 is 0 Å². The molecule has 0 saturated carbocycles. The Balaban J connectivity index is 1.83. The summed E-state index contributed by atoms with van der Waals surface area (Å²) in [5, 5.41) is 7.78. The van der Waals surface area contributed by atoms with Crippen LogP contribution < -0.4 is 5.32 Å². The van der Waals surface area contributed by atoms with E-state index in [1.165, 1.54) is 0 Å². The quantitative estimate of drug-likeness (QED) is 0.948. The van der Waals surface area contributed by atoms with Crippen molar-refractivity contribution in [2.75, 3.05) is 18.5 Å². The molecular weight excluding hydrogens is 290 g/mol. The van der Waals surface area contributed by atoms with E-state index in [1.54, 1.807) is 29.1 Å². The van der Waals surface area contributed by atoms with Crippen molar-refractivity contribution >= 4 is 23.2 Å². The molecule has 1 aliphatic heterocycles. The van der Waals surface area contributed by atoms with E-state index in [-0.39, 0.29) is 11.8 Å². The van der Waals surface area contributed by atoms with Gasteiger partial charge >= 0.3 is 0 Å². The van der Waals surface area contributed by atoms with Crippen molar-refractivity contribution in [2.45, 2.75) is 12.8 Å².